The molecular formula is C10H7IO. The normalized spacial score (nSPS) is 8.50. The number of benzene rings is 1. The molecule has 0 aliphatic carbocycles. The van der Waals surface area contributed by atoms with Gasteiger partial charge in [-0.3, -0.25) is 4.79 Å². The maximum absolute atomic E-state index is 10.9. The summed E-state index contributed by atoms with van der Waals surface area (Å²) in [5.74, 6) is 2.99. The summed E-state index contributed by atoms with van der Waals surface area (Å²) in [6.07, 6.45) is 0. The monoisotopic (exact) mass is 270 g/mol. The Kier molecular flexibility index (Phi) is 3.30. The minimum Gasteiger partial charge on any atom is -0.295 e. The molecule has 0 amide bonds. The van der Waals surface area contributed by atoms with E-state index in [2.05, 4.69) is 9.85 Å². The zero-order valence-electron chi connectivity index (χ0n) is 6.60. The van der Waals surface area contributed by atoms with Crippen molar-refractivity contribution in [1.29, 1.82) is 0 Å². The molecule has 12 heavy (non-hydrogen) atoms. The van der Waals surface area contributed by atoms with Gasteiger partial charge in [-0.2, -0.15) is 0 Å². The summed E-state index contributed by atoms with van der Waals surface area (Å²) >= 11 is 1.98. The highest BCUT2D eigenvalue weighted by molar-refractivity contribution is 14.1. The van der Waals surface area contributed by atoms with Crippen LogP contribution in [0, 0.1) is 9.85 Å². The minimum absolute atomic E-state index is 0.0870. The van der Waals surface area contributed by atoms with Crippen LogP contribution in [0.15, 0.2) is 24.3 Å². The Morgan fingerprint density at radius 1 is 1.33 bits per heavy atom. The zero-order valence-corrected chi connectivity index (χ0v) is 8.75. The van der Waals surface area contributed by atoms with Gasteiger partial charge in [0.25, 0.3) is 0 Å². The third kappa shape index (κ3) is 2.35. The van der Waals surface area contributed by atoms with Crippen molar-refractivity contribution in [1.82, 2.24) is 0 Å². The average Bonchev–Trinajstić information content (AvgIpc) is 2.06. The smallest absolute Gasteiger partial charge is 0.159 e. The number of ketones is 1. The Morgan fingerprint density at radius 3 is 2.33 bits per heavy atom. The molecule has 0 saturated carbocycles. The number of carbonyl (C=O) groups is 1. The SMILES string of the molecule is CC(=O)c1ccc(C#CI)cc1. The molecule has 0 spiro atoms. The summed E-state index contributed by atoms with van der Waals surface area (Å²) in [6, 6.07) is 7.28. The quantitative estimate of drug-likeness (QED) is 0.435. The Labute approximate surface area is 85.3 Å². The number of Topliss-reactive ketones (excluding diaryl/α,β-unsaturated/α-hetero) is 1. The summed E-state index contributed by atoms with van der Waals surface area (Å²) in [4.78, 5) is 10.9. The van der Waals surface area contributed by atoms with Crippen LogP contribution in [0.2, 0.25) is 0 Å². The van der Waals surface area contributed by atoms with E-state index in [0.717, 1.165) is 11.1 Å². The fourth-order valence-corrected chi connectivity index (χ4v) is 1.15. The summed E-state index contributed by atoms with van der Waals surface area (Å²) in [7, 11) is 0. The van der Waals surface area contributed by atoms with Gasteiger partial charge in [-0.25, -0.2) is 0 Å². The third-order valence-electron chi connectivity index (χ3n) is 1.48. The number of hydrogen-bond acceptors (Lipinski definition) is 1. The average molecular weight is 270 g/mol. The molecule has 0 heterocycles. The first-order valence-corrected chi connectivity index (χ1v) is 4.54. The molecule has 0 unspecified atom stereocenters. The summed E-state index contributed by atoms with van der Waals surface area (Å²) in [6.45, 7) is 1.55. The first-order valence-electron chi connectivity index (χ1n) is 3.46. The van der Waals surface area contributed by atoms with Crippen molar-refractivity contribution in [2.45, 2.75) is 6.92 Å². The Bertz CT molecular complexity index is 340. The topological polar surface area (TPSA) is 17.1 Å². The van der Waals surface area contributed by atoms with E-state index in [1.807, 2.05) is 34.7 Å². The van der Waals surface area contributed by atoms with E-state index in [-0.39, 0.29) is 5.78 Å². The van der Waals surface area contributed by atoms with E-state index < -0.39 is 0 Å². The van der Waals surface area contributed by atoms with Crippen LogP contribution in [0.3, 0.4) is 0 Å². The van der Waals surface area contributed by atoms with Crippen LogP contribution in [0.1, 0.15) is 22.8 Å². The van der Waals surface area contributed by atoms with Crippen molar-refractivity contribution in [3.63, 3.8) is 0 Å². The van der Waals surface area contributed by atoms with Gasteiger partial charge in [0, 0.05) is 33.7 Å². The Morgan fingerprint density at radius 2 is 1.92 bits per heavy atom. The standard InChI is InChI=1S/C10H7IO/c1-8(12)10-4-2-9(3-5-10)6-7-11/h2-5H,1H3. The maximum Gasteiger partial charge on any atom is 0.159 e. The highest BCUT2D eigenvalue weighted by atomic mass is 127. The van der Waals surface area contributed by atoms with E-state index in [9.17, 15) is 4.79 Å². The molecule has 1 nitrogen and oxygen atoms in total. The second-order valence-corrected chi connectivity index (χ2v) is 2.89. The highest BCUT2D eigenvalue weighted by Gasteiger charge is 1.96. The number of halogens is 1. The van der Waals surface area contributed by atoms with Crippen molar-refractivity contribution >= 4 is 28.4 Å². The molecule has 1 rings (SSSR count). The van der Waals surface area contributed by atoms with E-state index >= 15 is 0 Å². The molecule has 0 aliphatic heterocycles. The van der Waals surface area contributed by atoms with Gasteiger partial charge >= 0.3 is 0 Å². The Hall–Kier alpha value is -0.820. The van der Waals surface area contributed by atoms with Crippen molar-refractivity contribution in [3.8, 4) is 9.85 Å². The van der Waals surface area contributed by atoms with Gasteiger partial charge in [-0.05, 0) is 23.0 Å². The van der Waals surface area contributed by atoms with Gasteiger partial charge in [-0.1, -0.05) is 18.1 Å². The fourth-order valence-electron chi connectivity index (χ4n) is 0.843. The van der Waals surface area contributed by atoms with Crippen molar-refractivity contribution < 1.29 is 4.79 Å². The molecule has 1 aromatic rings. The van der Waals surface area contributed by atoms with E-state index in [0.29, 0.717) is 0 Å². The largest absolute Gasteiger partial charge is 0.295 e. The second-order valence-electron chi connectivity index (χ2n) is 2.35. The van der Waals surface area contributed by atoms with Crippen LogP contribution in [0.5, 0.6) is 0 Å². The number of carbonyl (C=O) groups excluding carboxylic acids is 1. The number of rotatable bonds is 1. The first-order chi connectivity index (χ1) is 5.74. The third-order valence-corrected chi connectivity index (χ3v) is 1.75. The summed E-state index contributed by atoms with van der Waals surface area (Å²) in [5.41, 5.74) is 1.67. The van der Waals surface area contributed by atoms with Crippen LogP contribution in [-0.2, 0) is 0 Å². The predicted molar refractivity (Wildman–Crippen MR) is 57.3 cm³/mol. The first kappa shape index (κ1) is 9.27. The van der Waals surface area contributed by atoms with Gasteiger partial charge in [0.2, 0.25) is 0 Å². The van der Waals surface area contributed by atoms with Gasteiger partial charge in [0.05, 0.1) is 0 Å². The molecule has 0 radical (unpaired) electrons. The maximum atomic E-state index is 10.9. The van der Waals surface area contributed by atoms with Gasteiger partial charge in [-0.15, -0.1) is 0 Å². The van der Waals surface area contributed by atoms with E-state index in [4.69, 9.17) is 0 Å². The zero-order chi connectivity index (χ0) is 8.97. The van der Waals surface area contributed by atoms with Crippen molar-refractivity contribution in [2.24, 2.45) is 0 Å². The Balaban J connectivity index is 2.98. The molecule has 60 valence electrons. The molecule has 0 aliphatic rings. The minimum atomic E-state index is 0.0870. The second kappa shape index (κ2) is 4.27. The van der Waals surface area contributed by atoms with Crippen molar-refractivity contribution in [2.75, 3.05) is 0 Å². The van der Waals surface area contributed by atoms with E-state index in [1.165, 1.54) is 0 Å². The molecule has 1 aromatic carbocycles. The highest BCUT2D eigenvalue weighted by Crippen LogP contribution is 2.03. The molecule has 0 atom stereocenters. The molecule has 0 fully saturated rings. The molecule has 2 heteroatoms. The number of hydrogen-bond donors (Lipinski definition) is 0. The molecular weight excluding hydrogens is 263 g/mol. The lowest BCUT2D eigenvalue weighted by Gasteiger charge is -1.93. The fraction of sp³-hybridized carbons (Fsp3) is 0.100. The van der Waals surface area contributed by atoms with Crippen LogP contribution in [-0.4, -0.2) is 5.78 Å². The summed E-state index contributed by atoms with van der Waals surface area (Å²) < 4.78 is 2.77. The van der Waals surface area contributed by atoms with Crippen LogP contribution >= 0.6 is 22.6 Å². The van der Waals surface area contributed by atoms with Crippen LogP contribution < -0.4 is 0 Å². The van der Waals surface area contributed by atoms with E-state index in [1.54, 1.807) is 19.1 Å². The lowest BCUT2D eigenvalue weighted by atomic mass is 10.1. The van der Waals surface area contributed by atoms with Gasteiger partial charge in [0.1, 0.15) is 0 Å². The van der Waals surface area contributed by atoms with Crippen LogP contribution in [0.4, 0.5) is 0 Å². The van der Waals surface area contributed by atoms with Gasteiger partial charge in [0.15, 0.2) is 5.78 Å². The summed E-state index contributed by atoms with van der Waals surface area (Å²) in [5, 5.41) is 0. The predicted octanol–water partition coefficient (Wildman–Crippen LogP) is 2.63. The molecule has 0 aromatic heterocycles. The molecule has 0 N–H and O–H groups in total. The lowest BCUT2D eigenvalue weighted by molar-refractivity contribution is 0.101. The van der Waals surface area contributed by atoms with Gasteiger partial charge < -0.3 is 0 Å². The van der Waals surface area contributed by atoms with Crippen molar-refractivity contribution in [3.05, 3.63) is 35.4 Å². The molecule has 0 saturated heterocycles. The molecule has 0 bridgehead atoms. The van der Waals surface area contributed by atoms with Crippen LogP contribution in [0.25, 0.3) is 0 Å². The lowest BCUT2D eigenvalue weighted by Crippen LogP contribution is -1.90.